The first-order valence-electron chi connectivity index (χ1n) is 4.75. The molecule has 0 spiro atoms. The van der Waals surface area contributed by atoms with Crippen molar-refractivity contribution in [3.63, 3.8) is 0 Å². The van der Waals surface area contributed by atoms with Crippen molar-refractivity contribution >= 4 is 12.0 Å². The summed E-state index contributed by atoms with van der Waals surface area (Å²) in [7, 11) is 2.34. The fourth-order valence-electron chi connectivity index (χ4n) is 1.16. The Kier molecular flexibility index (Phi) is 4.30. The number of hydrogen-bond donors (Lipinski definition) is 0. The van der Waals surface area contributed by atoms with Crippen LogP contribution in [-0.2, 0) is 15.7 Å². The summed E-state index contributed by atoms with van der Waals surface area (Å²) in [6.07, 6.45) is -1.72. The minimum absolute atomic E-state index is 0.155. The Morgan fingerprint density at radius 1 is 1.39 bits per heavy atom. The summed E-state index contributed by atoms with van der Waals surface area (Å²) < 4.78 is 47.1. The number of ether oxygens (including phenoxy) is 2. The Bertz CT molecular complexity index is 469. The van der Waals surface area contributed by atoms with Crippen LogP contribution in [0.2, 0.25) is 0 Å². The van der Waals surface area contributed by atoms with Crippen LogP contribution in [0.4, 0.5) is 13.2 Å². The predicted molar refractivity (Wildman–Crippen MR) is 56.8 cm³/mol. The zero-order valence-electron chi connectivity index (χ0n) is 9.62. The highest BCUT2D eigenvalue weighted by atomic mass is 19.4. The summed E-state index contributed by atoms with van der Waals surface area (Å²) in [5.74, 6) is -0.906. The summed E-state index contributed by atoms with van der Waals surface area (Å²) >= 11 is 0. The van der Waals surface area contributed by atoms with Crippen molar-refractivity contribution in [2.45, 2.75) is 6.18 Å². The molecule has 0 aromatic carbocycles. The summed E-state index contributed by atoms with van der Waals surface area (Å²) in [4.78, 5) is 14.5. The second kappa shape index (κ2) is 5.52. The van der Waals surface area contributed by atoms with Crippen molar-refractivity contribution in [1.29, 1.82) is 0 Å². The van der Waals surface area contributed by atoms with Crippen LogP contribution in [0.5, 0.6) is 5.88 Å². The van der Waals surface area contributed by atoms with Gasteiger partial charge >= 0.3 is 12.1 Å². The molecular weight excluding hydrogens is 251 g/mol. The lowest BCUT2D eigenvalue weighted by molar-refractivity contribution is -0.138. The van der Waals surface area contributed by atoms with E-state index in [1.54, 1.807) is 0 Å². The van der Waals surface area contributed by atoms with E-state index in [4.69, 9.17) is 0 Å². The smallest absolute Gasteiger partial charge is 0.417 e. The predicted octanol–water partition coefficient (Wildman–Crippen LogP) is 2.30. The number of halogens is 3. The normalized spacial score (nSPS) is 11.6. The van der Waals surface area contributed by atoms with Crippen molar-refractivity contribution in [3.8, 4) is 5.88 Å². The number of methoxy groups -OCH3 is 2. The first kappa shape index (κ1) is 14.0. The Hall–Kier alpha value is -2.05. The highest BCUT2D eigenvalue weighted by molar-refractivity contribution is 5.87. The van der Waals surface area contributed by atoms with E-state index in [1.165, 1.54) is 7.11 Å². The lowest BCUT2D eigenvalue weighted by Crippen LogP contribution is -2.08. The molecule has 0 saturated carbocycles. The molecule has 0 aliphatic heterocycles. The molecule has 0 saturated heterocycles. The van der Waals surface area contributed by atoms with Gasteiger partial charge in [-0.15, -0.1) is 0 Å². The second-order valence-electron chi connectivity index (χ2n) is 3.17. The number of esters is 1. The molecule has 1 heterocycles. The highest BCUT2D eigenvalue weighted by Gasteiger charge is 2.33. The highest BCUT2D eigenvalue weighted by Crippen LogP contribution is 2.34. The van der Waals surface area contributed by atoms with Gasteiger partial charge in [0.2, 0.25) is 5.88 Å². The Morgan fingerprint density at radius 2 is 2.06 bits per heavy atom. The van der Waals surface area contributed by atoms with E-state index in [9.17, 15) is 18.0 Å². The van der Waals surface area contributed by atoms with Crippen LogP contribution in [-0.4, -0.2) is 25.2 Å². The lowest BCUT2D eigenvalue weighted by Gasteiger charge is -2.11. The summed E-state index contributed by atoms with van der Waals surface area (Å²) in [5.41, 5.74) is -1.18. The molecule has 0 atom stereocenters. The van der Waals surface area contributed by atoms with Crippen molar-refractivity contribution in [2.24, 2.45) is 0 Å². The van der Waals surface area contributed by atoms with E-state index in [2.05, 4.69) is 14.5 Å². The van der Waals surface area contributed by atoms with Gasteiger partial charge in [-0.3, -0.25) is 0 Å². The number of carbonyl (C=O) groups excluding carboxylic acids is 1. The van der Waals surface area contributed by atoms with Crippen LogP contribution in [0.3, 0.4) is 0 Å². The van der Waals surface area contributed by atoms with Crippen LogP contribution in [0.25, 0.3) is 6.08 Å². The van der Waals surface area contributed by atoms with Gasteiger partial charge in [0.25, 0.3) is 0 Å². The van der Waals surface area contributed by atoms with Crippen LogP contribution >= 0.6 is 0 Å². The van der Waals surface area contributed by atoms with Crippen LogP contribution in [0.1, 0.15) is 11.1 Å². The second-order valence-corrected chi connectivity index (χ2v) is 3.17. The molecule has 1 aromatic rings. The van der Waals surface area contributed by atoms with Gasteiger partial charge in [0, 0.05) is 23.9 Å². The first-order chi connectivity index (χ1) is 8.38. The monoisotopic (exact) mass is 261 g/mol. The number of rotatable bonds is 3. The Morgan fingerprint density at radius 3 is 2.56 bits per heavy atom. The molecule has 0 bridgehead atoms. The van der Waals surface area contributed by atoms with Gasteiger partial charge in [-0.25, -0.2) is 9.78 Å². The quantitative estimate of drug-likeness (QED) is 0.618. The van der Waals surface area contributed by atoms with Gasteiger partial charge in [0.05, 0.1) is 19.8 Å². The van der Waals surface area contributed by atoms with E-state index in [0.717, 1.165) is 31.5 Å². The maximum Gasteiger partial charge on any atom is 0.417 e. The molecule has 0 fully saturated rings. The standard InChI is InChI=1S/C11H10F3NO3/c1-17-9-5-8(11(12,13)14)7(6-15-9)3-4-10(16)18-2/h3-6H,1-2H3/b4-3+. The molecule has 0 aliphatic rings. The van der Waals surface area contributed by atoms with Gasteiger partial charge in [-0.2, -0.15) is 13.2 Å². The van der Waals surface area contributed by atoms with Gasteiger partial charge in [0.1, 0.15) is 0 Å². The summed E-state index contributed by atoms with van der Waals surface area (Å²) in [6, 6.07) is 0.761. The molecule has 7 heteroatoms. The first-order valence-corrected chi connectivity index (χ1v) is 4.75. The van der Waals surface area contributed by atoms with E-state index < -0.39 is 17.7 Å². The van der Waals surface area contributed by atoms with Crippen molar-refractivity contribution in [2.75, 3.05) is 14.2 Å². The number of nitrogens with zero attached hydrogens (tertiary/aromatic N) is 1. The molecule has 1 aromatic heterocycles. The molecule has 0 N–H and O–H groups in total. The van der Waals surface area contributed by atoms with E-state index in [0.29, 0.717) is 0 Å². The lowest BCUT2D eigenvalue weighted by atomic mass is 10.1. The summed E-state index contributed by atoms with van der Waals surface area (Å²) in [5, 5.41) is 0. The number of hydrogen-bond acceptors (Lipinski definition) is 4. The average molecular weight is 261 g/mol. The maximum absolute atomic E-state index is 12.7. The fourth-order valence-corrected chi connectivity index (χ4v) is 1.16. The zero-order chi connectivity index (χ0) is 13.8. The fraction of sp³-hybridized carbons (Fsp3) is 0.273. The van der Waals surface area contributed by atoms with E-state index in [-0.39, 0.29) is 11.4 Å². The number of carbonyl (C=O) groups is 1. The third-order valence-electron chi connectivity index (χ3n) is 2.02. The third-order valence-corrected chi connectivity index (χ3v) is 2.02. The Labute approximate surface area is 101 Å². The number of pyridine rings is 1. The van der Waals surface area contributed by atoms with E-state index >= 15 is 0 Å². The van der Waals surface area contributed by atoms with Crippen LogP contribution in [0, 0.1) is 0 Å². The van der Waals surface area contributed by atoms with Gasteiger partial charge < -0.3 is 9.47 Å². The minimum Gasteiger partial charge on any atom is -0.481 e. The van der Waals surface area contributed by atoms with E-state index in [1.807, 2.05) is 0 Å². The Balaban J connectivity index is 3.19. The maximum atomic E-state index is 12.7. The third kappa shape index (κ3) is 3.47. The molecule has 0 amide bonds. The molecule has 4 nitrogen and oxygen atoms in total. The van der Waals surface area contributed by atoms with Gasteiger partial charge in [-0.1, -0.05) is 0 Å². The van der Waals surface area contributed by atoms with Crippen LogP contribution < -0.4 is 4.74 Å². The SMILES string of the molecule is COC(=O)/C=C/c1cnc(OC)cc1C(F)(F)F. The molecule has 98 valence electrons. The zero-order valence-corrected chi connectivity index (χ0v) is 9.62. The van der Waals surface area contributed by atoms with Crippen molar-refractivity contribution in [1.82, 2.24) is 4.98 Å². The molecule has 0 unspecified atom stereocenters. The molecule has 0 radical (unpaired) electrons. The minimum atomic E-state index is -4.56. The largest absolute Gasteiger partial charge is 0.481 e. The summed E-state index contributed by atoms with van der Waals surface area (Å²) in [6.45, 7) is 0. The average Bonchev–Trinajstić information content (AvgIpc) is 2.34. The van der Waals surface area contributed by atoms with Gasteiger partial charge in [0.15, 0.2) is 0 Å². The number of aromatic nitrogens is 1. The molecule has 18 heavy (non-hydrogen) atoms. The number of alkyl halides is 3. The topological polar surface area (TPSA) is 48.4 Å². The van der Waals surface area contributed by atoms with Gasteiger partial charge in [-0.05, 0) is 6.08 Å². The van der Waals surface area contributed by atoms with Crippen molar-refractivity contribution < 1.29 is 27.4 Å². The molecule has 0 aliphatic carbocycles. The molecule has 1 rings (SSSR count). The van der Waals surface area contributed by atoms with Crippen LogP contribution in [0.15, 0.2) is 18.3 Å². The molecular formula is C11H10F3NO3. The van der Waals surface area contributed by atoms with Crippen molar-refractivity contribution in [3.05, 3.63) is 29.5 Å².